The van der Waals surface area contributed by atoms with Gasteiger partial charge in [-0.25, -0.2) is 4.98 Å². The minimum Gasteiger partial charge on any atom is -0.309 e. The summed E-state index contributed by atoms with van der Waals surface area (Å²) in [5, 5.41) is 16.0. The number of hydrogen-bond donors (Lipinski definition) is 2. The molecule has 0 bridgehead atoms. The zero-order chi connectivity index (χ0) is 15.4. The second-order valence-corrected chi connectivity index (χ2v) is 5.81. The van der Waals surface area contributed by atoms with Gasteiger partial charge in [0.15, 0.2) is 5.82 Å². The van der Waals surface area contributed by atoms with Gasteiger partial charge in [-0.1, -0.05) is 6.07 Å². The van der Waals surface area contributed by atoms with E-state index in [2.05, 4.69) is 25.6 Å². The van der Waals surface area contributed by atoms with Gasteiger partial charge >= 0.3 is 0 Å². The van der Waals surface area contributed by atoms with Gasteiger partial charge in [-0.15, -0.1) is 11.3 Å². The highest BCUT2D eigenvalue weighted by Gasteiger charge is 2.15. The van der Waals surface area contributed by atoms with E-state index in [0.717, 1.165) is 16.1 Å². The van der Waals surface area contributed by atoms with Gasteiger partial charge in [0.1, 0.15) is 12.7 Å². The van der Waals surface area contributed by atoms with Crippen LogP contribution in [0.3, 0.4) is 0 Å². The summed E-state index contributed by atoms with van der Waals surface area (Å²) < 4.78 is 1.71. The Kier molecular flexibility index (Phi) is 4.29. The molecule has 0 aromatic carbocycles. The molecule has 0 radical (unpaired) electrons. The van der Waals surface area contributed by atoms with Crippen LogP contribution in [0, 0.1) is 6.92 Å². The van der Waals surface area contributed by atoms with E-state index in [1.807, 2.05) is 24.4 Å². The number of aromatic amines is 1. The minimum absolute atomic E-state index is 0.0515. The fourth-order valence-corrected chi connectivity index (χ4v) is 3.01. The number of thiophene rings is 1. The summed E-state index contributed by atoms with van der Waals surface area (Å²) in [7, 11) is 0. The molecule has 8 heteroatoms. The van der Waals surface area contributed by atoms with Crippen molar-refractivity contribution in [1.82, 2.24) is 25.0 Å². The summed E-state index contributed by atoms with van der Waals surface area (Å²) in [6, 6.07) is 4.00. The van der Waals surface area contributed by atoms with E-state index in [1.165, 1.54) is 6.33 Å². The zero-order valence-corrected chi connectivity index (χ0v) is 12.9. The third kappa shape index (κ3) is 3.22. The Hall–Kier alpha value is -2.48. The van der Waals surface area contributed by atoms with Crippen LogP contribution in [0.4, 0.5) is 5.82 Å². The molecule has 0 aliphatic heterocycles. The van der Waals surface area contributed by atoms with Gasteiger partial charge < -0.3 is 5.32 Å². The number of H-pyrrole nitrogens is 1. The van der Waals surface area contributed by atoms with Crippen molar-refractivity contribution >= 4 is 23.1 Å². The quantitative estimate of drug-likeness (QED) is 0.731. The fraction of sp³-hybridized carbons (Fsp3) is 0.286. The summed E-state index contributed by atoms with van der Waals surface area (Å²) >= 11 is 1.62. The molecule has 3 aromatic heterocycles. The average molecular weight is 316 g/mol. The molecule has 0 saturated heterocycles. The number of hydrogen-bond acceptors (Lipinski definition) is 5. The molecule has 3 rings (SSSR count). The third-order valence-electron chi connectivity index (χ3n) is 3.23. The Morgan fingerprint density at radius 3 is 3.14 bits per heavy atom. The van der Waals surface area contributed by atoms with Gasteiger partial charge in [-0.2, -0.15) is 10.2 Å². The maximum atomic E-state index is 12.1. The number of aromatic nitrogens is 5. The lowest BCUT2D eigenvalue weighted by Crippen LogP contribution is -2.13. The Labute approximate surface area is 131 Å². The lowest BCUT2D eigenvalue weighted by Gasteiger charge is -2.05. The molecule has 0 atom stereocenters. The van der Waals surface area contributed by atoms with Crippen molar-refractivity contribution in [2.45, 2.75) is 26.3 Å². The van der Waals surface area contributed by atoms with Crippen LogP contribution in [0.1, 0.15) is 18.5 Å². The molecule has 3 aromatic rings. The second kappa shape index (κ2) is 6.52. The molecule has 0 spiro atoms. The molecule has 114 valence electrons. The van der Waals surface area contributed by atoms with E-state index in [9.17, 15) is 4.79 Å². The first kappa shape index (κ1) is 14.5. The second-order valence-electron chi connectivity index (χ2n) is 4.86. The molecule has 3 heterocycles. The normalized spacial score (nSPS) is 10.8. The summed E-state index contributed by atoms with van der Waals surface area (Å²) in [5.41, 5.74) is 1.90. The molecule has 0 aliphatic rings. The largest absolute Gasteiger partial charge is 0.309 e. The first-order valence-electron chi connectivity index (χ1n) is 6.95. The lowest BCUT2D eigenvalue weighted by atomic mass is 10.2. The van der Waals surface area contributed by atoms with Crippen LogP contribution in [0.5, 0.6) is 0 Å². The van der Waals surface area contributed by atoms with Gasteiger partial charge in [0.2, 0.25) is 5.91 Å². The van der Waals surface area contributed by atoms with Gasteiger partial charge in [0, 0.05) is 23.5 Å². The fourth-order valence-electron chi connectivity index (χ4n) is 2.19. The predicted molar refractivity (Wildman–Crippen MR) is 84.5 cm³/mol. The predicted octanol–water partition coefficient (Wildman–Crippen LogP) is 2.46. The maximum absolute atomic E-state index is 12.1. The molecule has 22 heavy (non-hydrogen) atoms. The van der Waals surface area contributed by atoms with Crippen molar-refractivity contribution in [3.05, 3.63) is 35.9 Å². The Balaban J connectivity index is 1.60. The van der Waals surface area contributed by atoms with E-state index in [-0.39, 0.29) is 5.91 Å². The molecular weight excluding hydrogens is 300 g/mol. The number of nitrogens with one attached hydrogen (secondary N) is 2. The van der Waals surface area contributed by atoms with E-state index < -0.39 is 0 Å². The van der Waals surface area contributed by atoms with E-state index in [1.54, 1.807) is 22.3 Å². The van der Waals surface area contributed by atoms with Crippen LogP contribution in [0.25, 0.3) is 10.4 Å². The van der Waals surface area contributed by atoms with Crippen molar-refractivity contribution in [2.75, 3.05) is 5.32 Å². The van der Waals surface area contributed by atoms with Crippen LogP contribution in [-0.4, -0.2) is 30.9 Å². The SMILES string of the molecule is Cc1[nH]nc(NC(=O)CCCn2cncn2)c1-c1cccs1. The summed E-state index contributed by atoms with van der Waals surface area (Å²) in [6.45, 7) is 2.62. The van der Waals surface area contributed by atoms with Crippen molar-refractivity contribution < 1.29 is 4.79 Å². The van der Waals surface area contributed by atoms with Gasteiger partial charge in [0.25, 0.3) is 0 Å². The number of nitrogens with zero attached hydrogens (tertiary/aromatic N) is 4. The number of amides is 1. The van der Waals surface area contributed by atoms with Crippen LogP contribution in [-0.2, 0) is 11.3 Å². The topological polar surface area (TPSA) is 88.5 Å². The van der Waals surface area contributed by atoms with Crippen LogP contribution >= 0.6 is 11.3 Å². The van der Waals surface area contributed by atoms with Crippen molar-refractivity contribution in [3.63, 3.8) is 0 Å². The number of carbonyl (C=O) groups is 1. The number of rotatable bonds is 6. The molecule has 0 fully saturated rings. The highest BCUT2D eigenvalue weighted by molar-refractivity contribution is 7.13. The highest BCUT2D eigenvalue weighted by atomic mass is 32.1. The number of aryl methyl sites for hydroxylation is 2. The number of carbonyl (C=O) groups excluding carboxylic acids is 1. The van der Waals surface area contributed by atoms with E-state index in [0.29, 0.717) is 25.2 Å². The Morgan fingerprint density at radius 2 is 2.41 bits per heavy atom. The molecule has 7 nitrogen and oxygen atoms in total. The van der Waals surface area contributed by atoms with E-state index >= 15 is 0 Å². The summed E-state index contributed by atoms with van der Waals surface area (Å²) in [5.74, 6) is 0.537. The van der Waals surface area contributed by atoms with Gasteiger partial charge in [-0.05, 0) is 24.8 Å². The van der Waals surface area contributed by atoms with Gasteiger partial charge in [0.05, 0.1) is 5.56 Å². The maximum Gasteiger partial charge on any atom is 0.225 e. The minimum atomic E-state index is -0.0515. The van der Waals surface area contributed by atoms with Crippen molar-refractivity contribution in [2.24, 2.45) is 0 Å². The monoisotopic (exact) mass is 316 g/mol. The van der Waals surface area contributed by atoms with E-state index in [4.69, 9.17) is 0 Å². The smallest absolute Gasteiger partial charge is 0.225 e. The van der Waals surface area contributed by atoms with Gasteiger partial charge in [-0.3, -0.25) is 14.6 Å². The standard InChI is InChI=1S/C14H16N6OS/c1-10-13(11-4-3-7-22-11)14(19-18-10)17-12(21)5-2-6-20-9-15-8-16-20/h3-4,7-9H,2,5-6H2,1H3,(H2,17,18,19,21). The van der Waals surface area contributed by atoms with Crippen LogP contribution in [0.15, 0.2) is 30.2 Å². The first-order chi connectivity index (χ1) is 10.7. The Bertz CT molecular complexity index is 732. The summed E-state index contributed by atoms with van der Waals surface area (Å²) in [6.07, 6.45) is 4.24. The number of anilines is 1. The van der Waals surface area contributed by atoms with Crippen LogP contribution in [0.2, 0.25) is 0 Å². The molecule has 0 unspecified atom stereocenters. The lowest BCUT2D eigenvalue weighted by molar-refractivity contribution is -0.116. The molecule has 0 saturated carbocycles. The average Bonchev–Trinajstić information content (AvgIpc) is 3.21. The van der Waals surface area contributed by atoms with Crippen molar-refractivity contribution in [1.29, 1.82) is 0 Å². The molecular formula is C14H16N6OS. The van der Waals surface area contributed by atoms with Crippen molar-refractivity contribution in [3.8, 4) is 10.4 Å². The van der Waals surface area contributed by atoms with Crippen LogP contribution < -0.4 is 5.32 Å². The zero-order valence-electron chi connectivity index (χ0n) is 12.1. The third-order valence-corrected chi connectivity index (χ3v) is 4.12. The molecule has 0 aliphatic carbocycles. The first-order valence-corrected chi connectivity index (χ1v) is 7.83. The molecule has 1 amide bonds. The summed E-state index contributed by atoms with van der Waals surface area (Å²) in [4.78, 5) is 17.0. The highest BCUT2D eigenvalue weighted by Crippen LogP contribution is 2.32. The Morgan fingerprint density at radius 1 is 1.50 bits per heavy atom. The molecule has 2 N–H and O–H groups in total.